The molecule has 3 heteroatoms. The number of nitrogens with one attached hydrogen (secondary N) is 1. The molecule has 0 saturated carbocycles. The molecule has 1 N–H and O–H groups in total. The maximum atomic E-state index is 13.7. The van der Waals surface area contributed by atoms with Crippen LogP contribution < -0.4 is 5.32 Å². The molecule has 1 aliphatic rings. The van der Waals surface area contributed by atoms with Gasteiger partial charge in [-0.2, -0.15) is 0 Å². The van der Waals surface area contributed by atoms with E-state index in [1.165, 1.54) is 5.56 Å². The fourth-order valence-corrected chi connectivity index (χ4v) is 2.99. The van der Waals surface area contributed by atoms with Gasteiger partial charge in [-0.1, -0.05) is 19.1 Å². The Labute approximate surface area is 116 Å². The van der Waals surface area contributed by atoms with Crippen LogP contribution in [0.3, 0.4) is 0 Å². The second-order valence-electron chi connectivity index (χ2n) is 5.84. The van der Waals surface area contributed by atoms with E-state index in [1.807, 2.05) is 26.0 Å². The minimum Gasteiger partial charge on any atom is -0.311 e. The molecule has 1 aromatic rings. The van der Waals surface area contributed by atoms with Crippen LogP contribution in [0, 0.1) is 19.7 Å². The second kappa shape index (κ2) is 6.02. The summed E-state index contributed by atoms with van der Waals surface area (Å²) in [7, 11) is 0. The summed E-state index contributed by atoms with van der Waals surface area (Å²) in [6, 6.07) is 5.09. The van der Waals surface area contributed by atoms with Crippen LogP contribution in [0.4, 0.5) is 4.39 Å². The second-order valence-corrected chi connectivity index (χ2v) is 5.84. The molecule has 0 aliphatic carbocycles. The van der Waals surface area contributed by atoms with Crippen LogP contribution in [0.15, 0.2) is 12.1 Å². The molecule has 0 radical (unpaired) electrons. The molecule has 1 fully saturated rings. The normalized spacial score (nSPS) is 24.7. The first-order chi connectivity index (χ1) is 9.01. The van der Waals surface area contributed by atoms with Crippen molar-refractivity contribution in [3.8, 4) is 0 Å². The molecule has 2 rings (SSSR count). The Morgan fingerprint density at radius 2 is 1.95 bits per heavy atom. The summed E-state index contributed by atoms with van der Waals surface area (Å²) >= 11 is 0. The van der Waals surface area contributed by atoms with Crippen molar-refractivity contribution in [3.63, 3.8) is 0 Å². The van der Waals surface area contributed by atoms with Crippen molar-refractivity contribution in [2.75, 3.05) is 13.1 Å². The zero-order valence-electron chi connectivity index (χ0n) is 12.5. The van der Waals surface area contributed by atoms with Gasteiger partial charge in [-0.15, -0.1) is 0 Å². The summed E-state index contributed by atoms with van der Waals surface area (Å²) in [4.78, 5) is 2.52. The Hall–Kier alpha value is -0.930. The number of benzene rings is 1. The van der Waals surface area contributed by atoms with E-state index in [4.69, 9.17) is 0 Å². The van der Waals surface area contributed by atoms with Gasteiger partial charge in [-0.05, 0) is 43.9 Å². The summed E-state index contributed by atoms with van der Waals surface area (Å²) in [6.07, 6.45) is 1.15. The third-order valence-corrected chi connectivity index (χ3v) is 4.08. The highest BCUT2D eigenvalue weighted by Crippen LogP contribution is 2.19. The number of hydrogen-bond donors (Lipinski definition) is 1. The van der Waals surface area contributed by atoms with Crippen LogP contribution in [0.2, 0.25) is 0 Å². The third kappa shape index (κ3) is 3.34. The van der Waals surface area contributed by atoms with E-state index in [2.05, 4.69) is 24.1 Å². The molecule has 2 nitrogen and oxygen atoms in total. The number of rotatable bonds is 3. The lowest BCUT2D eigenvalue weighted by atomic mass is 10.0. The van der Waals surface area contributed by atoms with Crippen LogP contribution in [0.1, 0.15) is 37.0 Å². The molecule has 1 aliphatic heterocycles. The van der Waals surface area contributed by atoms with Gasteiger partial charge in [0.15, 0.2) is 0 Å². The molecule has 1 heterocycles. The predicted octanol–water partition coefficient (Wildman–Crippen LogP) is 3.01. The van der Waals surface area contributed by atoms with E-state index in [1.54, 1.807) is 0 Å². The molecule has 19 heavy (non-hydrogen) atoms. The van der Waals surface area contributed by atoms with E-state index in [0.29, 0.717) is 12.1 Å². The standard InChI is InChI=1S/C16H25FN2/c1-5-15-8-18-13(4)9-19(15)10-14-6-11(2)16(17)12(3)7-14/h6-7,13,15,18H,5,8-10H2,1-4H3. The van der Waals surface area contributed by atoms with Crippen molar-refractivity contribution >= 4 is 0 Å². The Balaban J connectivity index is 2.14. The van der Waals surface area contributed by atoms with Gasteiger partial charge in [0, 0.05) is 31.7 Å². The van der Waals surface area contributed by atoms with Crippen LogP contribution in [0.5, 0.6) is 0 Å². The zero-order chi connectivity index (χ0) is 14.0. The number of piperazine rings is 1. The minimum absolute atomic E-state index is 0.0653. The summed E-state index contributed by atoms with van der Waals surface area (Å²) in [5, 5.41) is 3.53. The van der Waals surface area contributed by atoms with Crippen molar-refractivity contribution < 1.29 is 4.39 Å². The fraction of sp³-hybridized carbons (Fsp3) is 0.625. The predicted molar refractivity (Wildman–Crippen MR) is 77.8 cm³/mol. The first kappa shape index (κ1) is 14.5. The van der Waals surface area contributed by atoms with E-state index in [0.717, 1.165) is 37.2 Å². The summed E-state index contributed by atoms with van der Waals surface area (Å²) in [5.74, 6) is -0.0653. The lowest BCUT2D eigenvalue weighted by Gasteiger charge is -2.39. The maximum absolute atomic E-state index is 13.7. The number of halogens is 1. The van der Waals surface area contributed by atoms with E-state index >= 15 is 0 Å². The molecule has 0 spiro atoms. The topological polar surface area (TPSA) is 15.3 Å². The minimum atomic E-state index is -0.0653. The lowest BCUT2D eigenvalue weighted by molar-refractivity contribution is 0.124. The Kier molecular flexibility index (Phi) is 4.58. The summed E-state index contributed by atoms with van der Waals surface area (Å²) < 4.78 is 13.7. The molecule has 2 unspecified atom stereocenters. The number of hydrogen-bond acceptors (Lipinski definition) is 2. The van der Waals surface area contributed by atoms with Gasteiger partial charge in [0.05, 0.1) is 0 Å². The van der Waals surface area contributed by atoms with Gasteiger partial charge in [-0.3, -0.25) is 4.90 Å². The molecule has 2 atom stereocenters. The highest BCUT2D eigenvalue weighted by molar-refractivity contribution is 5.30. The van der Waals surface area contributed by atoms with Gasteiger partial charge in [0.2, 0.25) is 0 Å². The van der Waals surface area contributed by atoms with Gasteiger partial charge in [0.1, 0.15) is 5.82 Å². The Morgan fingerprint density at radius 1 is 1.32 bits per heavy atom. The quantitative estimate of drug-likeness (QED) is 0.903. The highest BCUT2D eigenvalue weighted by Gasteiger charge is 2.24. The SMILES string of the molecule is CCC1CNC(C)CN1Cc1cc(C)c(F)c(C)c1. The summed E-state index contributed by atoms with van der Waals surface area (Å²) in [5.41, 5.74) is 2.74. The van der Waals surface area contributed by atoms with Crippen LogP contribution in [0.25, 0.3) is 0 Å². The van der Waals surface area contributed by atoms with Crippen molar-refractivity contribution in [3.05, 3.63) is 34.6 Å². The van der Waals surface area contributed by atoms with Crippen molar-refractivity contribution in [2.24, 2.45) is 0 Å². The van der Waals surface area contributed by atoms with E-state index < -0.39 is 0 Å². The number of aryl methyl sites for hydroxylation is 2. The molecule has 0 aromatic heterocycles. The lowest BCUT2D eigenvalue weighted by Crippen LogP contribution is -2.54. The Bertz CT molecular complexity index is 421. The number of nitrogens with zero attached hydrogens (tertiary/aromatic N) is 1. The molecule has 1 saturated heterocycles. The van der Waals surface area contributed by atoms with E-state index in [9.17, 15) is 4.39 Å². The van der Waals surface area contributed by atoms with Gasteiger partial charge in [0.25, 0.3) is 0 Å². The smallest absolute Gasteiger partial charge is 0.129 e. The molecule has 106 valence electrons. The van der Waals surface area contributed by atoms with Crippen molar-refractivity contribution in [1.82, 2.24) is 10.2 Å². The van der Waals surface area contributed by atoms with Crippen molar-refractivity contribution in [2.45, 2.75) is 52.7 Å². The first-order valence-electron chi connectivity index (χ1n) is 7.24. The van der Waals surface area contributed by atoms with Crippen molar-refractivity contribution in [1.29, 1.82) is 0 Å². The maximum Gasteiger partial charge on any atom is 0.129 e. The zero-order valence-corrected chi connectivity index (χ0v) is 12.5. The first-order valence-corrected chi connectivity index (χ1v) is 7.24. The van der Waals surface area contributed by atoms with Gasteiger partial charge in [-0.25, -0.2) is 4.39 Å². The largest absolute Gasteiger partial charge is 0.311 e. The Morgan fingerprint density at radius 3 is 2.53 bits per heavy atom. The van der Waals surface area contributed by atoms with Gasteiger partial charge >= 0.3 is 0 Å². The van der Waals surface area contributed by atoms with Crippen LogP contribution in [-0.2, 0) is 6.54 Å². The van der Waals surface area contributed by atoms with Crippen LogP contribution >= 0.6 is 0 Å². The van der Waals surface area contributed by atoms with Crippen LogP contribution in [-0.4, -0.2) is 30.1 Å². The molecular weight excluding hydrogens is 239 g/mol. The average molecular weight is 264 g/mol. The van der Waals surface area contributed by atoms with Gasteiger partial charge < -0.3 is 5.32 Å². The fourth-order valence-electron chi connectivity index (χ4n) is 2.99. The molecule has 0 bridgehead atoms. The van der Waals surface area contributed by atoms with E-state index in [-0.39, 0.29) is 5.82 Å². The monoisotopic (exact) mass is 264 g/mol. The summed E-state index contributed by atoms with van der Waals surface area (Å²) in [6.45, 7) is 11.2. The molecule has 0 amide bonds. The average Bonchev–Trinajstić information content (AvgIpc) is 2.36. The third-order valence-electron chi connectivity index (χ3n) is 4.08. The molecular formula is C16H25FN2. The highest BCUT2D eigenvalue weighted by atomic mass is 19.1. The molecule has 1 aromatic carbocycles.